The van der Waals surface area contributed by atoms with E-state index in [1.54, 1.807) is 0 Å². The Balaban J connectivity index is 2.69. The highest BCUT2D eigenvalue weighted by atomic mass is 35.5. The summed E-state index contributed by atoms with van der Waals surface area (Å²) < 4.78 is 0. The van der Waals surface area contributed by atoms with E-state index in [1.807, 2.05) is 0 Å². The molecule has 94 valence electrons. The van der Waals surface area contributed by atoms with Crippen molar-refractivity contribution in [1.82, 2.24) is 0 Å². The molecule has 18 heavy (non-hydrogen) atoms. The van der Waals surface area contributed by atoms with Crippen LogP contribution in [0.1, 0.15) is 0 Å². The Labute approximate surface area is 113 Å². The van der Waals surface area contributed by atoms with E-state index in [4.69, 9.17) is 34.7 Å². The summed E-state index contributed by atoms with van der Waals surface area (Å²) in [6.45, 7) is 0. The van der Waals surface area contributed by atoms with Gasteiger partial charge in [-0.2, -0.15) is 0 Å². The fraction of sp³-hybridized carbons (Fsp3) is 0. The van der Waals surface area contributed by atoms with Crippen molar-refractivity contribution < 1.29 is 10.2 Å². The van der Waals surface area contributed by atoms with Gasteiger partial charge in [-0.25, -0.2) is 0 Å². The van der Waals surface area contributed by atoms with E-state index in [1.165, 1.54) is 24.3 Å². The summed E-state index contributed by atoms with van der Waals surface area (Å²) in [5, 5.41) is 19.4. The lowest BCUT2D eigenvalue weighted by atomic mass is 10.0. The van der Waals surface area contributed by atoms with Gasteiger partial charge in [0.1, 0.15) is 11.5 Å². The molecule has 0 amide bonds. The maximum Gasteiger partial charge on any atom is 0.139 e. The van der Waals surface area contributed by atoms with Crippen molar-refractivity contribution in [1.29, 1.82) is 0 Å². The fourth-order valence-corrected chi connectivity index (χ4v) is 2.09. The van der Waals surface area contributed by atoms with E-state index in [9.17, 15) is 10.2 Å². The van der Waals surface area contributed by atoms with Gasteiger partial charge in [-0.3, -0.25) is 0 Å². The number of hydrogen-bond acceptors (Lipinski definition) is 4. The molecule has 0 saturated carbocycles. The minimum atomic E-state index is -0.105. The average Bonchev–Trinajstić information content (AvgIpc) is 2.29. The number of nitrogen functional groups attached to an aromatic ring is 2. The zero-order valence-corrected chi connectivity index (χ0v) is 10.6. The number of phenolic OH excluding ortho intramolecular Hbond substituents is 2. The predicted octanol–water partition coefficient (Wildman–Crippen LogP) is 3.24. The van der Waals surface area contributed by atoms with Crippen LogP contribution >= 0.6 is 23.2 Å². The van der Waals surface area contributed by atoms with Gasteiger partial charge < -0.3 is 21.7 Å². The zero-order valence-electron chi connectivity index (χ0n) is 9.11. The molecular weight excluding hydrogens is 275 g/mol. The molecular formula is C12H10Cl2N2O2. The van der Waals surface area contributed by atoms with E-state index in [0.29, 0.717) is 11.1 Å². The smallest absolute Gasteiger partial charge is 0.139 e. The average molecular weight is 285 g/mol. The first-order valence-electron chi connectivity index (χ1n) is 4.96. The van der Waals surface area contributed by atoms with Crippen LogP contribution in [0.4, 0.5) is 11.4 Å². The Morgan fingerprint density at radius 3 is 1.39 bits per heavy atom. The highest BCUT2D eigenvalue weighted by Crippen LogP contribution is 2.41. The van der Waals surface area contributed by atoms with E-state index >= 15 is 0 Å². The van der Waals surface area contributed by atoms with Crippen LogP contribution in [0.25, 0.3) is 11.1 Å². The van der Waals surface area contributed by atoms with E-state index in [2.05, 4.69) is 0 Å². The molecule has 0 spiro atoms. The summed E-state index contributed by atoms with van der Waals surface area (Å²) >= 11 is 12.0. The lowest BCUT2D eigenvalue weighted by molar-refractivity contribution is 0.477. The van der Waals surface area contributed by atoms with Crippen molar-refractivity contribution >= 4 is 34.6 Å². The molecule has 0 aromatic heterocycles. The number of nitrogens with two attached hydrogens (primary N) is 2. The molecule has 0 aliphatic carbocycles. The monoisotopic (exact) mass is 284 g/mol. The Morgan fingerprint density at radius 2 is 1.06 bits per heavy atom. The lowest BCUT2D eigenvalue weighted by Crippen LogP contribution is -1.91. The fourth-order valence-electron chi connectivity index (χ4n) is 1.57. The number of hydrogen-bond donors (Lipinski definition) is 4. The van der Waals surface area contributed by atoms with E-state index in [-0.39, 0.29) is 32.9 Å². The molecule has 6 N–H and O–H groups in total. The number of rotatable bonds is 1. The number of aromatic hydroxyl groups is 2. The SMILES string of the molecule is Nc1cc(-c2cc(N)c(O)cc2Cl)c(Cl)cc1O. The summed E-state index contributed by atoms with van der Waals surface area (Å²) in [6, 6.07) is 5.64. The van der Waals surface area contributed by atoms with Crippen molar-refractivity contribution in [3.63, 3.8) is 0 Å². The number of phenols is 2. The standard InChI is InChI=1S/C12H10Cl2N2O2/c13-7-3-11(17)9(15)1-5(7)6-2-10(16)12(18)4-8(6)14/h1-4,17-18H,15-16H2. The van der Waals surface area contributed by atoms with E-state index in [0.717, 1.165) is 0 Å². The van der Waals surface area contributed by atoms with Gasteiger partial charge in [0.25, 0.3) is 0 Å². The first kappa shape index (κ1) is 12.7. The summed E-state index contributed by atoms with van der Waals surface area (Å²) in [7, 11) is 0. The van der Waals surface area contributed by atoms with Gasteiger partial charge in [-0.15, -0.1) is 0 Å². The molecule has 0 aliphatic rings. The van der Waals surface area contributed by atoms with Gasteiger partial charge in [-0.05, 0) is 12.1 Å². The van der Waals surface area contributed by atoms with Gasteiger partial charge in [-0.1, -0.05) is 23.2 Å². The maximum absolute atomic E-state index is 9.43. The van der Waals surface area contributed by atoms with Crippen molar-refractivity contribution in [2.24, 2.45) is 0 Å². The highest BCUT2D eigenvalue weighted by molar-refractivity contribution is 6.37. The minimum Gasteiger partial charge on any atom is -0.506 e. The first-order valence-corrected chi connectivity index (χ1v) is 5.72. The Bertz CT molecular complexity index is 574. The lowest BCUT2D eigenvalue weighted by Gasteiger charge is -2.11. The van der Waals surface area contributed by atoms with Gasteiger partial charge in [0.2, 0.25) is 0 Å². The minimum absolute atomic E-state index is 0.105. The number of anilines is 2. The molecule has 2 aromatic rings. The number of halogens is 2. The molecule has 4 nitrogen and oxygen atoms in total. The Morgan fingerprint density at radius 1 is 0.722 bits per heavy atom. The van der Waals surface area contributed by atoms with Crippen LogP contribution in [-0.4, -0.2) is 10.2 Å². The topological polar surface area (TPSA) is 92.5 Å². The molecule has 0 radical (unpaired) electrons. The molecule has 2 rings (SSSR count). The summed E-state index contributed by atoms with van der Waals surface area (Å²) in [5.74, 6) is -0.210. The second-order valence-corrected chi connectivity index (χ2v) is 4.60. The molecule has 0 atom stereocenters. The van der Waals surface area contributed by atoms with Crippen LogP contribution in [0.5, 0.6) is 11.5 Å². The van der Waals surface area contributed by atoms with Crippen molar-refractivity contribution in [3.05, 3.63) is 34.3 Å². The molecule has 2 aromatic carbocycles. The van der Waals surface area contributed by atoms with Crippen LogP contribution in [0.15, 0.2) is 24.3 Å². The predicted molar refractivity (Wildman–Crippen MR) is 74.1 cm³/mol. The van der Waals surface area contributed by atoms with Gasteiger partial charge >= 0.3 is 0 Å². The molecule has 0 saturated heterocycles. The van der Waals surface area contributed by atoms with Crippen LogP contribution in [0.2, 0.25) is 10.0 Å². The van der Waals surface area contributed by atoms with Crippen LogP contribution < -0.4 is 11.5 Å². The van der Waals surface area contributed by atoms with Crippen molar-refractivity contribution in [2.75, 3.05) is 11.5 Å². The zero-order chi connectivity index (χ0) is 13.4. The Hall–Kier alpha value is -1.78. The summed E-state index contributed by atoms with van der Waals surface area (Å²) in [4.78, 5) is 0. The normalized spacial score (nSPS) is 10.6. The largest absolute Gasteiger partial charge is 0.506 e. The molecule has 0 unspecified atom stereocenters. The van der Waals surface area contributed by atoms with Crippen LogP contribution in [-0.2, 0) is 0 Å². The Kier molecular flexibility index (Phi) is 3.15. The third kappa shape index (κ3) is 2.12. The molecule has 0 aliphatic heterocycles. The van der Waals surface area contributed by atoms with Gasteiger partial charge in [0, 0.05) is 23.3 Å². The summed E-state index contributed by atoms with van der Waals surface area (Å²) in [6.07, 6.45) is 0. The summed E-state index contributed by atoms with van der Waals surface area (Å²) in [5.41, 5.74) is 12.6. The second kappa shape index (κ2) is 4.48. The second-order valence-electron chi connectivity index (χ2n) is 3.78. The molecule has 0 heterocycles. The van der Waals surface area contributed by atoms with Gasteiger partial charge in [0.05, 0.1) is 21.4 Å². The van der Waals surface area contributed by atoms with Crippen LogP contribution in [0.3, 0.4) is 0 Å². The van der Waals surface area contributed by atoms with E-state index < -0.39 is 0 Å². The van der Waals surface area contributed by atoms with Gasteiger partial charge in [0.15, 0.2) is 0 Å². The third-order valence-corrected chi connectivity index (χ3v) is 3.15. The van der Waals surface area contributed by atoms with Crippen molar-refractivity contribution in [2.45, 2.75) is 0 Å². The molecule has 0 fully saturated rings. The third-order valence-electron chi connectivity index (χ3n) is 2.52. The quantitative estimate of drug-likeness (QED) is 0.478. The highest BCUT2D eigenvalue weighted by Gasteiger charge is 2.13. The first-order chi connectivity index (χ1) is 8.40. The molecule has 6 heteroatoms. The molecule has 0 bridgehead atoms. The number of benzene rings is 2. The maximum atomic E-state index is 9.43. The van der Waals surface area contributed by atoms with Crippen molar-refractivity contribution in [3.8, 4) is 22.6 Å². The van der Waals surface area contributed by atoms with Crippen LogP contribution in [0, 0.1) is 0 Å².